The van der Waals surface area contributed by atoms with Crippen molar-refractivity contribution in [3.8, 4) is 0 Å². The standard InChI is InChI=1S/C43H52N4O5/c1-6-27-21-28-23-42(38(48)51-4,35-31(15-19-46(24-27)25-28)30-11-8-9-12-33(30)44-35)29-13-14-34-32(22-29)41-17-20-47-18-10-16-40(7-2,36(41)47)26-43(50,39(49)52-5)37(41)45(34)3/h8-14,16,21-22,28,36-37,44,50H,6-7,15,17-20,23-26H2,1-5H3/t28-,36-,37+,40-,41+,42-,43+/m0/s1. The molecule has 0 amide bonds. The predicted molar refractivity (Wildman–Crippen MR) is 201 cm³/mol. The Morgan fingerprint density at radius 2 is 1.85 bits per heavy atom. The highest BCUT2D eigenvalue weighted by molar-refractivity contribution is 5.94. The number of anilines is 1. The molecular weight excluding hydrogens is 652 g/mol. The first-order valence-electron chi connectivity index (χ1n) is 19.3. The van der Waals surface area contributed by atoms with E-state index in [-0.39, 0.29) is 17.9 Å². The van der Waals surface area contributed by atoms with Crippen molar-refractivity contribution in [3.63, 3.8) is 0 Å². The van der Waals surface area contributed by atoms with Gasteiger partial charge in [-0.05, 0) is 79.8 Å². The van der Waals surface area contributed by atoms with E-state index in [1.807, 2.05) is 13.1 Å². The van der Waals surface area contributed by atoms with Crippen molar-refractivity contribution in [2.75, 3.05) is 58.9 Å². The van der Waals surface area contributed by atoms with E-state index in [1.165, 1.54) is 25.4 Å². The highest BCUT2D eigenvalue weighted by Gasteiger charge is 2.75. The Morgan fingerprint density at radius 3 is 2.62 bits per heavy atom. The summed E-state index contributed by atoms with van der Waals surface area (Å²) in [7, 11) is 4.92. The van der Waals surface area contributed by atoms with Gasteiger partial charge in [0.25, 0.3) is 0 Å². The molecule has 9 rings (SSSR count). The number of benzene rings is 2. The van der Waals surface area contributed by atoms with E-state index in [9.17, 15) is 14.7 Å². The van der Waals surface area contributed by atoms with E-state index in [4.69, 9.17) is 9.47 Å². The minimum atomic E-state index is -1.73. The lowest BCUT2D eigenvalue weighted by atomic mass is 9.49. The number of methoxy groups -OCH3 is 2. The molecule has 52 heavy (non-hydrogen) atoms. The molecule has 6 heterocycles. The van der Waals surface area contributed by atoms with Gasteiger partial charge in [-0.15, -0.1) is 0 Å². The number of hydrogen-bond donors (Lipinski definition) is 2. The maximum Gasteiger partial charge on any atom is 0.340 e. The summed E-state index contributed by atoms with van der Waals surface area (Å²) < 4.78 is 11.3. The second-order valence-electron chi connectivity index (χ2n) is 16.6. The van der Waals surface area contributed by atoms with Crippen LogP contribution in [0.15, 0.2) is 66.3 Å². The number of aromatic amines is 1. The topological polar surface area (TPSA) is 98.3 Å². The molecule has 2 bridgehead atoms. The van der Waals surface area contributed by atoms with Crippen LogP contribution in [0.2, 0.25) is 0 Å². The molecule has 2 fully saturated rings. The molecule has 3 aromatic rings. The van der Waals surface area contributed by atoms with Gasteiger partial charge in [0.2, 0.25) is 0 Å². The van der Waals surface area contributed by atoms with Crippen molar-refractivity contribution in [2.45, 2.75) is 80.9 Å². The van der Waals surface area contributed by atoms with Crippen LogP contribution < -0.4 is 4.90 Å². The summed E-state index contributed by atoms with van der Waals surface area (Å²) in [5.41, 5.74) is 3.67. The van der Waals surface area contributed by atoms with Gasteiger partial charge in [0, 0.05) is 72.4 Å². The third kappa shape index (κ3) is 4.27. The smallest absolute Gasteiger partial charge is 0.340 e. The highest BCUT2D eigenvalue weighted by Crippen LogP contribution is 2.67. The fourth-order valence-electron chi connectivity index (χ4n) is 12.5. The van der Waals surface area contributed by atoms with E-state index in [0.29, 0.717) is 12.8 Å². The first kappa shape index (κ1) is 33.9. The fraction of sp³-hybridized carbons (Fsp3) is 0.535. The predicted octanol–water partition coefficient (Wildman–Crippen LogP) is 5.25. The number of aromatic nitrogens is 1. The molecule has 1 saturated heterocycles. The number of carbonyl (C=O) groups is 2. The number of H-pyrrole nitrogens is 1. The van der Waals surface area contributed by atoms with E-state index >= 15 is 0 Å². The molecule has 1 aliphatic carbocycles. The number of nitrogens with one attached hydrogen (secondary N) is 1. The molecule has 1 saturated carbocycles. The number of rotatable bonds is 5. The Morgan fingerprint density at radius 1 is 1.04 bits per heavy atom. The van der Waals surface area contributed by atoms with Crippen LogP contribution in [0.25, 0.3) is 10.9 Å². The molecule has 2 N–H and O–H groups in total. The Hall–Kier alpha value is -3.92. The van der Waals surface area contributed by atoms with Crippen LogP contribution in [0.3, 0.4) is 0 Å². The Kier molecular flexibility index (Phi) is 7.68. The molecule has 0 radical (unpaired) electrons. The Labute approximate surface area is 306 Å². The van der Waals surface area contributed by atoms with Crippen LogP contribution in [0.5, 0.6) is 0 Å². The number of hydrogen-bond acceptors (Lipinski definition) is 8. The zero-order valence-electron chi connectivity index (χ0n) is 31.2. The molecule has 5 aliphatic heterocycles. The number of likely N-dealkylation sites (N-methyl/N-ethyl adjacent to an activating group) is 1. The van der Waals surface area contributed by atoms with E-state index < -0.39 is 33.9 Å². The number of esters is 2. The molecule has 9 nitrogen and oxygen atoms in total. The molecular formula is C43H52N4O5. The zero-order chi connectivity index (χ0) is 36.2. The number of para-hydroxylation sites is 1. The van der Waals surface area contributed by atoms with Crippen molar-refractivity contribution in [2.24, 2.45) is 11.3 Å². The van der Waals surface area contributed by atoms with Gasteiger partial charge >= 0.3 is 11.9 Å². The number of nitrogens with zero attached hydrogens (tertiary/aromatic N) is 3. The van der Waals surface area contributed by atoms with Crippen LogP contribution in [0.1, 0.15) is 68.3 Å². The molecule has 1 aromatic heterocycles. The van der Waals surface area contributed by atoms with Crippen molar-refractivity contribution in [1.29, 1.82) is 0 Å². The maximum atomic E-state index is 15.0. The Bertz CT molecular complexity index is 2040. The normalized spacial score (nSPS) is 36.1. The van der Waals surface area contributed by atoms with Crippen molar-refractivity contribution in [1.82, 2.24) is 14.8 Å². The quantitative estimate of drug-likeness (QED) is 0.275. The van der Waals surface area contributed by atoms with E-state index in [2.05, 4.69) is 88.2 Å². The average Bonchev–Trinajstić information content (AvgIpc) is 3.83. The summed E-state index contributed by atoms with van der Waals surface area (Å²) >= 11 is 0. The monoisotopic (exact) mass is 704 g/mol. The summed E-state index contributed by atoms with van der Waals surface area (Å²) in [6, 6.07) is 14.5. The third-order valence-corrected chi connectivity index (χ3v) is 14.4. The van der Waals surface area contributed by atoms with Crippen molar-refractivity contribution >= 4 is 28.5 Å². The summed E-state index contributed by atoms with van der Waals surface area (Å²) in [5, 5.41) is 13.9. The van der Waals surface area contributed by atoms with Gasteiger partial charge in [-0.1, -0.05) is 68.0 Å². The largest absolute Gasteiger partial charge is 0.468 e. The second-order valence-corrected chi connectivity index (χ2v) is 16.6. The van der Waals surface area contributed by atoms with Crippen molar-refractivity contribution in [3.05, 3.63) is 88.7 Å². The van der Waals surface area contributed by atoms with E-state index in [1.54, 1.807) is 0 Å². The van der Waals surface area contributed by atoms with Crippen LogP contribution in [-0.4, -0.2) is 104 Å². The van der Waals surface area contributed by atoms with Gasteiger partial charge in [-0.25, -0.2) is 4.79 Å². The maximum absolute atomic E-state index is 15.0. The van der Waals surface area contributed by atoms with Gasteiger partial charge in [0.15, 0.2) is 5.60 Å². The first-order chi connectivity index (χ1) is 25.1. The lowest BCUT2D eigenvalue weighted by molar-refractivity contribution is -0.181. The SMILES string of the molecule is CCC1=C[C@@H]2CN(CCc3c([nH]c4ccccc34)[C@@](C(=O)OC)(c3ccc4c(c3)[C@@]35CCN6CC=C[C@@](CC)(C[C@](O)(C(=O)OC)[C@@H]3N4C)[C@H]65)C2)C1. The summed E-state index contributed by atoms with van der Waals surface area (Å²) in [4.78, 5) is 40.0. The summed E-state index contributed by atoms with van der Waals surface area (Å²) in [6.07, 6.45) is 11.2. The third-order valence-electron chi connectivity index (χ3n) is 14.4. The number of ether oxygens (including phenoxy) is 2. The van der Waals surface area contributed by atoms with E-state index in [0.717, 1.165) is 91.8 Å². The van der Waals surface area contributed by atoms with Gasteiger partial charge in [-0.3, -0.25) is 14.6 Å². The summed E-state index contributed by atoms with van der Waals surface area (Å²) in [6.45, 7) is 8.86. The minimum Gasteiger partial charge on any atom is -0.468 e. The van der Waals surface area contributed by atoms with Crippen molar-refractivity contribution < 1.29 is 24.2 Å². The lowest BCUT2D eigenvalue weighted by Crippen LogP contribution is -2.74. The molecule has 1 unspecified atom stereocenters. The number of fused-ring (bicyclic) bond motifs is 6. The molecule has 8 atom stereocenters. The lowest BCUT2D eigenvalue weighted by Gasteiger charge is -2.60. The fourth-order valence-corrected chi connectivity index (χ4v) is 12.5. The molecule has 1 spiro atoms. The zero-order valence-corrected chi connectivity index (χ0v) is 31.2. The molecule has 6 aliphatic rings. The summed E-state index contributed by atoms with van der Waals surface area (Å²) in [5.74, 6) is -0.706. The first-order valence-corrected chi connectivity index (χ1v) is 19.3. The average molecular weight is 705 g/mol. The number of aliphatic hydroxyl groups is 1. The minimum absolute atomic E-state index is 0.0732. The van der Waals surface area contributed by atoms with Gasteiger partial charge in [0.1, 0.15) is 5.41 Å². The highest BCUT2D eigenvalue weighted by atomic mass is 16.5. The van der Waals surface area contributed by atoms with Crippen LogP contribution >= 0.6 is 0 Å². The van der Waals surface area contributed by atoms with Gasteiger partial charge in [0.05, 0.1) is 20.3 Å². The van der Waals surface area contributed by atoms with Gasteiger partial charge in [-0.2, -0.15) is 0 Å². The van der Waals surface area contributed by atoms with Gasteiger partial charge < -0.3 is 24.5 Å². The van der Waals surface area contributed by atoms with Crippen LogP contribution in [-0.2, 0) is 36.3 Å². The van der Waals surface area contributed by atoms with Crippen LogP contribution in [0, 0.1) is 11.3 Å². The number of carbonyl (C=O) groups excluding carboxylic acids is 2. The Balaban J connectivity index is 1.32. The molecule has 274 valence electrons. The van der Waals surface area contributed by atoms with Crippen LogP contribution in [0.4, 0.5) is 5.69 Å². The molecule has 2 aromatic carbocycles. The second kappa shape index (κ2) is 11.8. The molecule has 9 heteroatoms.